The fourth-order valence-corrected chi connectivity index (χ4v) is 7.82. The van der Waals surface area contributed by atoms with Gasteiger partial charge in [-0.15, -0.1) is 0 Å². The average molecular weight is 318 g/mol. The third-order valence-corrected chi connectivity index (χ3v) is 9.03. The molecule has 4 bridgehead atoms. The highest BCUT2D eigenvalue weighted by Crippen LogP contribution is 2.74. The smallest absolute Gasteiger partial charge is 0.173 e. The average Bonchev–Trinajstić information content (AvgIpc) is 2.79. The number of allylic oxidation sites excluding steroid dienone is 2. The maximum atomic E-state index is 11.0. The zero-order valence-electron chi connectivity index (χ0n) is 14.5. The number of aliphatic hydroxyl groups excluding tert-OH is 1. The van der Waals surface area contributed by atoms with Crippen LogP contribution in [0, 0.1) is 33.5 Å². The minimum atomic E-state index is -1.12. The van der Waals surface area contributed by atoms with E-state index in [1.807, 2.05) is 0 Å². The molecule has 2 N–H and O–H groups in total. The Bertz CT molecular complexity index is 575. The third-order valence-electron chi connectivity index (χ3n) is 9.03. The van der Waals surface area contributed by atoms with Crippen molar-refractivity contribution in [2.24, 2.45) is 33.5 Å². The molecule has 128 valence electrons. The summed E-state index contributed by atoms with van der Waals surface area (Å²) >= 11 is 0. The summed E-state index contributed by atoms with van der Waals surface area (Å²) in [6, 6.07) is 0. The second-order valence-electron chi connectivity index (χ2n) is 9.96. The first-order valence-corrected chi connectivity index (χ1v) is 9.49. The molecular weight excluding hydrogens is 288 g/mol. The van der Waals surface area contributed by atoms with Gasteiger partial charge in [0.25, 0.3) is 0 Å². The molecule has 2 aliphatic heterocycles. The van der Waals surface area contributed by atoms with Gasteiger partial charge in [-0.3, -0.25) is 0 Å². The Hall–Kier alpha value is -0.380. The number of hydrogen-bond acceptors (Lipinski definition) is 3. The normalized spacial score (nSPS) is 63.0. The van der Waals surface area contributed by atoms with Crippen LogP contribution in [0.25, 0.3) is 0 Å². The van der Waals surface area contributed by atoms with Crippen LogP contribution >= 0.6 is 0 Å². The molecule has 0 unspecified atom stereocenters. The molecule has 0 aromatic rings. The quantitative estimate of drug-likeness (QED) is 0.730. The van der Waals surface area contributed by atoms with Gasteiger partial charge in [-0.25, -0.2) is 0 Å². The predicted octanol–water partition coefficient (Wildman–Crippen LogP) is 3.26. The maximum absolute atomic E-state index is 11.0. The molecular formula is C20H30O3. The molecule has 2 heterocycles. The first kappa shape index (κ1) is 14.9. The van der Waals surface area contributed by atoms with Crippen molar-refractivity contribution in [3.05, 3.63) is 12.2 Å². The van der Waals surface area contributed by atoms with E-state index in [9.17, 15) is 10.2 Å². The van der Waals surface area contributed by atoms with Crippen molar-refractivity contribution in [1.29, 1.82) is 0 Å². The van der Waals surface area contributed by atoms with Crippen LogP contribution in [-0.2, 0) is 4.74 Å². The molecule has 3 heteroatoms. The Kier molecular flexibility index (Phi) is 2.63. The number of ether oxygens (including phenoxy) is 1. The summed E-state index contributed by atoms with van der Waals surface area (Å²) < 4.78 is 6.08. The lowest BCUT2D eigenvalue weighted by atomic mass is 9.38. The molecule has 4 aliphatic carbocycles. The third kappa shape index (κ3) is 1.49. The standard InChI is InChI=1S/C20H30O3/c1-16-5-3-15-18(11-16,8-7-16)6-4-14-17(2,12-21)20(22)10-9-19(14,15)13-23-20/h7-8,14-15,21-22H,3-6,9-13H2,1-2H3/t14-,15-,16-,17-,18+,19+,20-/m1/s1. The van der Waals surface area contributed by atoms with Gasteiger partial charge in [0.2, 0.25) is 0 Å². The molecule has 0 aromatic carbocycles. The van der Waals surface area contributed by atoms with E-state index >= 15 is 0 Å². The van der Waals surface area contributed by atoms with Gasteiger partial charge >= 0.3 is 0 Å². The molecule has 2 spiro atoms. The van der Waals surface area contributed by atoms with E-state index in [2.05, 4.69) is 26.0 Å². The Balaban J connectivity index is 1.62. The van der Waals surface area contributed by atoms with E-state index in [4.69, 9.17) is 4.74 Å². The highest BCUT2D eigenvalue weighted by molar-refractivity contribution is 5.27. The molecule has 0 aromatic heterocycles. The topological polar surface area (TPSA) is 49.7 Å². The summed E-state index contributed by atoms with van der Waals surface area (Å²) in [5, 5.41) is 21.2. The number of rotatable bonds is 1. The summed E-state index contributed by atoms with van der Waals surface area (Å²) in [4.78, 5) is 0. The van der Waals surface area contributed by atoms with Gasteiger partial charge in [-0.1, -0.05) is 26.0 Å². The van der Waals surface area contributed by atoms with E-state index in [0.29, 0.717) is 35.7 Å². The molecule has 0 amide bonds. The van der Waals surface area contributed by atoms with Gasteiger partial charge in [-0.05, 0) is 61.2 Å². The Morgan fingerprint density at radius 1 is 1.04 bits per heavy atom. The Labute approximate surface area is 139 Å². The molecule has 23 heavy (non-hydrogen) atoms. The van der Waals surface area contributed by atoms with Crippen LogP contribution in [0.5, 0.6) is 0 Å². The van der Waals surface area contributed by atoms with Gasteiger partial charge in [-0.2, -0.15) is 0 Å². The number of hydrogen-bond donors (Lipinski definition) is 2. The zero-order valence-corrected chi connectivity index (χ0v) is 14.5. The first-order valence-electron chi connectivity index (χ1n) is 9.49. The zero-order chi connectivity index (χ0) is 16.1. The largest absolute Gasteiger partial charge is 0.396 e. The van der Waals surface area contributed by atoms with Crippen molar-refractivity contribution in [1.82, 2.24) is 0 Å². The second-order valence-corrected chi connectivity index (χ2v) is 9.96. The van der Waals surface area contributed by atoms with E-state index in [1.54, 1.807) is 0 Å². The van der Waals surface area contributed by atoms with E-state index in [1.165, 1.54) is 25.7 Å². The van der Waals surface area contributed by atoms with Crippen LogP contribution in [-0.4, -0.2) is 29.2 Å². The lowest BCUT2D eigenvalue weighted by Crippen LogP contribution is -2.73. The molecule has 3 nitrogen and oxygen atoms in total. The maximum Gasteiger partial charge on any atom is 0.173 e. The van der Waals surface area contributed by atoms with Gasteiger partial charge in [0.1, 0.15) is 0 Å². The van der Waals surface area contributed by atoms with Gasteiger partial charge in [0.15, 0.2) is 5.79 Å². The van der Waals surface area contributed by atoms with Crippen molar-refractivity contribution >= 4 is 0 Å². The molecule has 2 saturated heterocycles. The minimum absolute atomic E-state index is 0.0309. The SMILES string of the molecule is C[C@]12C=C[C@@]3(CC[C@H]4[C@@]5(CC[C@@](O)(OC5)[C@]4(C)CO)[C@@H]3CC1)C2. The monoisotopic (exact) mass is 318 g/mol. The first-order chi connectivity index (χ1) is 10.8. The summed E-state index contributed by atoms with van der Waals surface area (Å²) in [5.74, 6) is -0.0642. The molecule has 0 radical (unpaired) electrons. The van der Waals surface area contributed by atoms with Crippen molar-refractivity contribution in [3.8, 4) is 0 Å². The van der Waals surface area contributed by atoms with Crippen LogP contribution in [0.4, 0.5) is 0 Å². The molecule has 6 rings (SSSR count). The summed E-state index contributed by atoms with van der Waals surface area (Å²) in [6.45, 7) is 5.22. The fraction of sp³-hybridized carbons (Fsp3) is 0.900. The van der Waals surface area contributed by atoms with Crippen LogP contribution < -0.4 is 0 Å². The molecule has 3 saturated carbocycles. The predicted molar refractivity (Wildman–Crippen MR) is 87.5 cm³/mol. The highest BCUT2D eigenvalue weighted by Gasteiger charge is 2.73. The van der Waals surface area contributed by atoms with E-state index in [-0.39, 0.29) is 12.0 Å². The molecule has 7 atom stereocenters. The molecule has 5 fully saturated rings. The van der Waals surface area contributed by atoms with Crippen LogP contribution in [0.2, 0.25) is 0 Å². The van der Waals surface area contributed by atoms with E-state index in [0.717, 1.165) is 12.8 Å². The van der Waals surface area contributed by atoms with Crippen LogP contribution in [0.3, 0.4) is 0 Å². The Morgan fingerprint density at radius 2 is 1.83 bits per heavy atom. The highest BCUT2D eigenvalue weighted by atomic mass is 16.6. The minimum Gasteiger partial charge on any atom is -0.396 e. The summed E-state index contributed by atoms with van der Waals surface area (Å²) in [5.41, 5.74) is 0.422. The molecule has 6 aliphatic rings. The lowest BCUT2D eigenvalue weighted by Gasteiger charge is -2.71. The summed E-state index contributed by atoms with van der Waals surface area (Å²) in [7, 11) is 0. The number of fused-ring (bicyclic) bond motifs is 3. The Morgan fingerprint density at radius 3 is 2.52 bits per heavy atom. The van der Waals surface area contributed by atoms with Crippen molar-refractivity contribution < 1.29 is 14.9 Å². The van der Waals surface area contributed by atoms with Gasteiger partial charge in [0.05, 0.1) is 13.2 Å². The van der Waals surface area contributed by atoms with Crippen molar-refractivity contribution in [2.45, 2.75) is 64.6 Å². The van der Waals surface area contributed by atoms with Crippen molar-refractivity contribution in [2.75, 3.05) is 13.2 Å². The van der Waals surface area contributed by atoms with Crippen LogP contribution in [0.15, 0.2) is 12.2 Å². The van der Waals surface area contributed by atoms with Gasteiger partial charge < -0.3 is 14.9 Å². The van der Waals surface area contributed by atoms with Gasteiger partial charge in [0, 0.05) is 17.3 Å². The summed E-state index contributed by atoms with van der Waals surface area (Å²) in [6.07, 6.45) is 13.0. The lowest BCUT2D eigenvalue weighted by molar-refractivity contribution is -0.401. The van der Waals surface area contributed by atoms with Crippen LogP contribution in [0.1, 0.15) is 58.8 Å². The fourth-order valence-electron chi connectivity index (χ4n) is 7.82. The van der Waals surface area contributed by atoms with E-state index < -0.39 is 11.2 Å². The van der Waals surface area contributed by atoms with Crippen molar-refractivity contribution in [3.63, 3.8) is 0 Å². The number of aliphatic hydroxyl groups is 2. The second kappa shape index (κ2) is 4.05.